The molecule has 1 fully saturated rings. The van der Waals surface area contributed by atoms with Crippen LogP contribution in [0.15, 0.2) is 47.5 Å². The number of rotatable bonds is 6. The number of amides is 1. The van der Waals surface area contributed by atoms with Gasteiger partial charge in [0.1, 0.15) is 11.4 Å². The minimum atomic E-state index is -3.63. The number of aryl methyl sites for hydroxylation is 1. The molecule has 0 aliphatic carbocycles. The minimum absolute atomic E-state index is 0.225. The molecule has 1 saturated heterocycles. The Labute approximate surface area is 204 Å². The number of anilines is 1. The van der Waals surface area contributed by atoms with Crippen molar-refractivity contribution in [1.82, 2.24) is 9.29 Å². The van der Waals surface area contributed by atoms with Crippen LogP contribution < -0.4 is 4.90 Å². The molecule has 34 heavy (non-hydrogen) atoms. The Morgan fingerprint density at radius 1 is 1.15 bits per heavy atom. The monoisotopic (exact) mass is 487 g/mol. The van der Waals surface area contributed by atoms with E-state index in [1.807, 2.05) is 59.7 Å². The number of piperidine rings is 1. The summed E-state index contributed by atoms with van der Waals surface area (Å²) in [5.74, 6) is 0.720. The summed E-state index contributed by atoms with van der Waals surface area (Å²) in [6.07, 6.45) is 3.76. The van der Waals surface area contributed by atoms with Gasteiger partial charge in [-0.05, 0) is 70.2 Å². The second-order valence-corrected chi connectivity index (χ2v) is 12.3. The van der Waals surface area contributed by atoms with Crippen molar-refractivity contribution < 1.29 is 17.9 Å². The highest BCUT2D eigenvalue weighted by atomic mass is 32.2. The highest BCUT2D eigenvalue weighted by molar-refractivity contribution is 7.89. The standard InChI is InChI=1S/C26H37N3O4S/c1-19(2)18-28(25(30)33-26(4,5)6)24-15-12-21(17-27-24)23-9-7-8-16-29(23)34(31,32)22-13-10-20(3)11-14-22/h10-15,17,19,23H,7-9,16,18H2,1-6H3/t23-/m0/s1. The van der Waals surface area contributed by atoms with Crippen LogP contribution in [0.5, 0.6) is 0 Å². The Kier molecular flexibility index (Phi) is 8.03. The molecule has 2 heterocycles. The van der Waals surface area contributed by atoms with Gasteiger partial charge in [0.2, 0.25) is 10.0 Å². The molecule has 0 spiro atoms. The summed E-state index contributed by atoms with van der Waals surface area (Å²) in [5, 5.41) is 0. The van der Waals surface area contributed by atoms with Crippen LogP contribution in [-0.4, -0.2) is 42.5 Å². The maximum absolute atomic E-state index is 13.4. The molecule has 3 rings (SSSR count). The van der Waals surface area contributed by atoms with Crippen molar-refractivity contribution in [2.24, 2.45) is 5.92 Å². The number of sulfonamides is 1. The number of nitrogens with zero attached hydrogens (tertiary/aromatic N) is 3. The van der Waals surface area contributed by atoms with Crippen LogP contribution in [0.2, 0.25) is 0 Å². The smallest absolute Gasteiger partial charge is 0.416 e. The largest absolute Gasteiger partial charge is 0.443 e. The molecule has 0 radical (unpaired) electrons. The van der Waals surface area contributed by atoms with Crippen LogP contribution in [0.4, 0.5) is 10.6 Å². The van der Waals surface area contributed by atoms with E-state index in [2.05, 4.69) is 4.98 Å². The van der Waals surface area contributed by atoms with E-state index in [-0.39, 0.29) is 12.0 Å². The Morgan fingerprint density at radius 3 is 2.38 bits per heavy atom. The summed E-state index contributed by atoms with van der Waals surface area (Å²) < 4.78 is 34.0. The second kappa shape index (κ2) is 10.4. The number of ether oxygens (including phenoxy) is 1. The Morgan fingerprint density at radius 2 is 1.82 bits per heavy atom. The van der Waals surface area contributed by atoms with Gasteiger partial charge in [-0.25, -0.2) is 18.2 Å². The lowest BCUT2D eigenvalue weighted by Gasteiger charge is -2.35. The Hall–Kier alpha value is -2.45. The van der Waals surface area contributed by atoms with E-state index in [0.717, 1.165) is 30.4 Å². The third kappa shape index (κ3) is 6.36. The number of hydrogen-bond donors (Lipinski definition) is 0. The summed E-state index contributed by atoms with van der Waals surface area (Å²) in [5.41, 5.74) is 1.23. The van der Waals surface area contributed by atoms with Crippen molar-refractivity contribution in [3.05, 3.63) is 53.7 Å². The lowest BCUT2D eigenvalue weighted by Crippen LogP contribution is -2.40. The van der Waals surface area contributed by atoms with E-state index in [1.165, 1.54) is 0 Å². The molecule has 1 aliphatic heterocycles. The third-order valence-corrected chi connectivity index (χ3v) is 7.60. The summed E-state index contributed by atoms with van der Waals surface area (Å²) in [7, 11) is -3.63. The second-order valence-electron chi connectivity index (χ2n) is 10.4. The van der Waals surface area contributed by atoms with E-state index >= 15 is 0 Å². The summed E-state index contributed by atoms with van der Waals surface area (Å²) in [6.45, 7) is 12.4. The molecular formula is C26H37N3O4S. The summed E-state index contributed by atoms with van der Waals surface area (Å²) in [4.78, 5) is 19.2. The van der Waals surface area contributed by atoms with Crippen LogP contribution in [0, 0.1) is 12.8 Å². The third-order valence-electron chi connectivity index (χ3n) is 5.67. The fourth-order valence-corrected chi connectivity index (χ4v) is 5.75. The number of aromatic nitrogens is 1. The predicted octanol–water partition coefficient (Wildman–Crippen LogP) is 5.70. The van der Waals surface area contributed by atoms with Gasteiger partial charge in [0.25, 0.3) is 0 Å². The molecule has 2 aromatic rings. The van der Waals surface area contributed by atoms with Crippen molar-refractivity contribution in [2.45, 2.75) is 77.3 Å². The molecule has 0 unspecified atom stereocenters. The lowest BCUT2D eigenvalue weighted by molar-refractivity contribution is 0.0575. The minimum Gasteiger partial charge on any atom is -0.443 e. The highest BCUT2D eigenvalue weighted by Gasteiger charge is 2.35. The normalized spacial score (nSPS) is 17.6. The number of pyridine rings is 1. The van der Waals surface area contributed by atoms with Crippen molar-refractivity contribution in [1.29, 1.82) is 0 Å². The fourth-order valence-electron chi connectivity index (χ4n) is 4.07. The van der Waals surface area contributed by atoms with Gasteiger partial charge in [0, 0.05) is 19.3 Å². The van der Waals surface area contributed by atoms with E-state index < -0.39 is 21.7 Å². The van der Waals surface area contributed by atoms with Gasteiger partial charge in [0.05, 0.1) is 10.9 Å². The molecule has 0 bridgehead atoms. The van der Waals surface area contributed by atoms with Crippen molar-refractivity contribution in [3.8, 4) is 0 Å². The molecule has 0 N–H and O–H groups in total. The maximum atomic E-state index is 13.4. The zero-order chi connectivity index (χ0) is 25.1. The van der Waals surface area contributed by atoms with Gasteiger partial charge in [-0.15, -0.1) is 0 Å². The van der Waals surface area contributed by atoms with Gasteiger partial charge in [-0.3, -0.25) is 4.90 Å². The molecule has 0 saturated carbocycles. The van der Waals surface area contributed by atoms with E-state index in [0.29, 0.717) is 23.8 Å². The van der Waals surface area contributed by atoms with Crippen LogP contribution >= 0.6 is 0 Å². The molecule has 1 aromatic heterocycles. The number of carbonyl (C=O) groups is 1. The first-order valence-corrected chi connectivity index (χ1v) is 13.4. The first-order valence-electron chi connectivity index (χ1n) is 11.9. The average molecular weight is 488 g/mol. The molecule has 1 aliphatic rings. The van der Waals surface area contributed by atoms with Crippen molar-refractivity contribution >= 4 is 21.9 Å². The molecule has 8 heteroatoms. The molecule has 186 valence electrons. The van der Waals surface area contributed by atoms with E-state index in [1.54, 1.807) is 33.6 Å². The van der Waals surface area contributed by atoms with Crippen molar-refractivity contribution in [2.75, 3.05) is 18.0 Å². The first-order chi connectivity index (χ1) is 15.9. The van der Waals surface area contributed by atoms with Gasteiger partial charge in [0.15, 0.2) is 0 Å². The quantitative estimate of drug-likeness (QED) is 0.522. The Balaban J connectivity index is 1.88. The number of benzene rings is 1. The van der Waals surface area contributed by atoms with E-state index in [9.17, 15) is 13.2 Å². The lowest BCUT2D eigenvalue weighted by atomic mass is 9.99. The fraction of sp³-hybridized carbons (Fsp3) is 0.538. The molecule has 7 nitrogen and oxygen atoms in total. The van der Waals surface area contributed by atoms with Crippen LogP contribution in [-0.2, 0) is 14.8 Å². The first kappa shape index (κ1) is 26.2. The highest BCUT2D eigenvalue weighted by Crippen LogP contribution is 2.35. The van der Waals surface area contributed by atoms with Crippen molar-refractivity contribution in [3.63, 3.8) is 0 Å². The average Bonchev–Trinajstić information content (AvgIpc) is 2.76. The zero-order valence-corrected chi connectivity index (χ0v) is 21.9. The number of carbonyl (C=O) groups excluding carboxylic acids is 1. The van der Waals surface area contributed by atoms with Gasteiger partial charge in [-0.1, -0.05) is 44.0 Å². The SMILES string of the molecule is Cc1ccc(S(=O)(=O)N2CCCC[C@H]2c2ccc(N(CC(C)C)C(=O)OC(C)(C)C)nc2)cc1. The maximum Gasteiger partial charge on any atom is 0.416 e. The van der Waals surface area contributed by atoms with Crippen LogP contribution in [0.3, 0.4) is 0 Å². The molecule has 1 atom stereocenters. The van der Waals surface area contributed by atoms with Gasteiger partial charge >= 0.3 is 6.09 Å². The van der Waals surface area contributed by atoms with Crippen LogP contribution in [0.25, 0.3) is 0 Å². The molecular weight excluding hydrogens is 450 g/mol. The topological polar surface area (TPSA) is 79.8 Å². The van der Waals surface area contributed by atoms with Gasteiger partial charge in [-0.2, -0.15) is 4.31 Å². The van der Waals surface area contributed by atoms with Gasteiger partial charge < -0.3 is 4.74 Å². The Bertz CT molecular complexity index is 1070. The molecule has 1 amide bonds. The molecule has 1 aromatic carbocycles. The predicted molar refractivity (Wildman–Crippen MR) is 134 cm³/mol. The van der Waals surface area contributed by atoms with Crippen LogP contribution in [0.1, 0.15) is 71.0 Å². The number of hydrogen-bond acceptors (Lipinski definition) is 5. The summed E-state index contributed by atoms with van der Waals surface area (Å²) >= 11 is 0. The summed E-state index contributed by atoms with van der Waals surface area (Å²) in [6, 6.07) is 10.4. The van der Waals surface area contributed by atoms with E-state index in [4.69, 9.17) is 4.74 Å². The zero-order valence-electron chi connectivity index (χ0n) is 21.1.